The Bertz CT molecular complexity index is 1880. The van der Waals surface area contributed by atoms with Crippen LogP contribution in [0.1, 0.15) is 19.4 Å². The van der Waals surface area contributed by atoms with E-state index < -0.39 is 9.84 Å². The van der Waals surface area contributed by atoms with Crippen LogP contribution in [0.25, 0.3) is 21.9 Å². The van der Waals surface area contributed by atoms with Crippen LogP contribution in [-0.2, 0) is 16.4 Å². The molecule has 7 nitrogen and oxygen atoms in total. The summed E-state index contributed by atoms with van der Waals surface area (Å²) in [7, 11) is -3.31. The molecular weight excluding hydrogens is 632 g/mol. The lowest BCUT2D eigenvalue weighted by atomic mass is 9.99. The second kappa shape index (κ2) is 15.2. The van der Waals surface area contributed by atoms with Crippen molar-refractivity contribution in [1.82, 2.24) is 10.2 Å². The first-order chi connectivity index (χ1) is 22.2. The van der Waals surface area contributed by atoms with Gasteiger partial charge in [0.25, 0.3) is 0 Å². The molecule has 9 heteroatoms. The second-order valence-electron chi connectivity index (χ2n) is 12.0. The van der Waals surface area contributed by atoms with Gasteiger partial charge in [0, 0.05) is 48.9 Å². The molecule has 0 saturated carbocycles. The number of fused-ring (bicyclic) bond motifs is 1. The molecule has 47 heavy (non-hydrogen) atoms. The summed E-state index contributed by atoms with van der Waals surface area (Å²) >= 11 is 0. The fourth-order valence-corrected chi connectivity index (χ4v) is 6.37. The van der Waals surface area contributed by atoms with Gasteiger partial charge in [0.05, 0.1) is 4.90 Å². The van der Waals surface area contributed by atoms with E-state index >= 15 is 0 Å². The van der Waals surface area contributed by atoms with E-state index in [0.717, 1.165) is 58.6 Å². The zero-order valence-corrected chi connectivity index (χ0v) is 28.5. The van der Waals surface area contributed by atoms with Gasteiger partial charge in [-0.05, 0) is 91.0 Å². The number of sulfone groups is 1. The van der Waals surface area contributed by atoms with Crippen molar-refractivity contribution < 1.29 is 22.6 Å². The molecular formula is C38H41ClN2O5S. The van der Waals surface area contributed by atoms with Gasteiger partial charge >= 0.3 is 0 Å². The number of nitrogens with zero attached hydrogens (tertiary/aromatic N) is 1. The molecule has 1 heterocycles. The van der Waals surface area contributed by atoms with Crippen LogP contribution in [0.4, 0.5) is 0 Å². The standard InChI is InChI=1S/C38H40N2O5S.ClH/c1-27-25-40(28(2)24-39-27)21-22-43-32-12-14-33(15-13-32)45-38-36(30-9-17-35(18-10-30)46(3,41)42)19-11-31-23-34(16-20-37(31)38)44-26-29-7-5-4-6-8-29;/h4-20,23,27-28,39H,21-22,24-26H2,1-3H3;1H/t27-,28+;/m1./s1. The van der Waals surface area contributed by atoms with Gasteiger partial charge < -0.3 is 19.5 Å². The minimum Gasteiger partial charge on any atom is -0.492 e. The molecule has 0 amide bonds. The summed E-state index contributed by atoms with van der Waals surface area (Å²) in [5.74, 6) is 2.90. The van der Waals surface area contributed by atoms with Crippen LogP contribution in [-0.4, -0.2) is 57.9 Å². The molecule has 0 radical (unpaired) electrons. The van der Waals surface area contributed by atoms with Gasteiger partial charge in [-0.15, -0.1) is 12.4 Å². The summed E-state index contributed by atoms with van der Waals surface area (Å²) in [5.41, 5.74) is 2.80. The molecule has 1 fully saturated rings. The average molecular weight is 673 g/mol. The summed E-state index contributed by atoms with van der Waals surface area (Å²) in [6.45, 7) is 8.43. The number of hydrogen-bond acceptors (Lipinski definition) is 7. The lowest BCUT2D eigenvalue weighted by molar-refractivity contribution is 0.123. The van der Waals surface area contributed by atoms with Crippen molar-refractivity contribution in [2.45, 2.75) is 37.4 Å². The van der Waals surface area contributed by atoms with E-state index in [0.29, 0.717) is 36.8 Å². The lowest BCUT2D eigenvalue weighted by Gasteiger charge is -2.37. The summed E-state index contributed by atoms with van der Waals surface area (Å²) < 4.78 is 43.0. The van der Waals surface area contributed by atoms with Crippen molar-refractivity contribution in [1.29, 1.82) is 0 Å². The Labute approximate surface area is 283 Å². The second-order valence-corrected chi connectivity index (χ2v) is 14.0. The molecule has 6 rings (SSSR count). The van der Waals surface area contributed by atoms with Crippen LogP contribution in [0.2, 0.25) is 0 Å². The number of nitrogens with one attached hydrogen (secondary N) is 1. The Kier molecular flexibility index (Phi) is 11.1. The van der Waals surface area contributed by atoms with Crippen LogP contribution in [0.5, 0.6) is 23.0 Å². The summed E-state index contributed by atoms with van der Waals surface area (Å²) in [5, 5.41) is 5.40. The first-order valence-electron chi connectivity index (χ1n) is 15.6. The topological polar surface area (TPSA) is 77.1 Å². The highest BCUT2D eigenvalue weighted by Gasteiger charge is 2.22. The minimum absolute atomic E-state index is 0. The molecule has 5 aromatic carbocycles. The van der Waals surface area contributed by atoms with Gasteiger partial charge in [0.15, 0.2) is 9.84 Å². The third-order valence-corrected chi connectivity index (χ3v) is 9.50. The van der Waals surface area contributed by atoms with Crippen LogP contribution < -0.4 is 19.5 Å². The van der Waals surface area contributed by atoms with E-state index in [-0.39, 0.29) is 17.3 Å². The quantitative estimate of drug-likeness (QED) is 0.154. The summed E-state index contributed by atoms with van der Waals surface area (Å²) in [4.78, 5) is 2.73. The molecule has 0 spiro atoms. The molecule has 0 aromatic heterocycles. The third-order valence-electron chi connectivity index (χ3n) is 8.37. The monoisotopic (exact) mass is 672 g/mol. The molecule has 0 bridgehead atoms. The molecule has 1 aliphatic rings. The predicted molar refractivity (Wildman–Crippen MR) is 191 cm³/mol. The number of halogens is 1. The van der Waals surface area contributed by atoms with Crippen molar-refractivity contribution in [3.05, 3.63) is 115 Å². The normalized spacial score (nSPS) is 16.7. The van der Waals surface area contributed by atoms with Gasteiger partial charge in [-0.3, -0.25) is 4.90 Å². The molecule has 246 valence electrons. The Hall–Kier alpha value is -4.08. The number of piperazine rings is 1. The van der Waals surface area contributed by atoms with Crippen LogP contribution >= 0.6 is 12.4 Å². The highest BCUT2D eigenvalue weighted by molar-refractivity contribution is 7.90. The first-order valence-corrected chi connectivity index (χ1v) is 17.5. The Balaban J connectivity index is 0.00000433. The van der Waals surface area contributed by atoms with Gasteiger partial charge in [-0.25, -0.2) is 8.42 Å². The number of benzene rings is 5. The maximum atomic E-state index is 12.1. The zero-order chi connectivity index (χ0) is 32.1. The van der Waals surface area contributed by atoms with Crippen molar-refractivity contribution in [3.63, 3.8) is 0 Å². The minimum atomic E-state index is -3.31. The lowest BCUT2D eigenvalue weighted by Crippen LogP contribution is -2.55. The maximum absolute atomic E-state index is 12.1. The Morgan fingerprint density at radius 2 is 1.51 bits per heavy atom. The summed E-state index contributed by atoms with van der Waals surface area (Å²) in [6, 6.07) is 35.6. The van der Waals surface area contributed by atoms with E-state index in [1.54, 1.807) is 12.1 Å². The molecule has 1 N–H and O–H groups in total. The van der Waals surface area contributed by atoms with E-state index in [4.69, 9.17) is 14.2 Å². The SMILES string of the molecule is C[C@@H]1CN(CCOc2ccc(Oc3c(-c4ccc(S(C)(=O)=O)cc4)ccc4cc(OCc5ccccc5)ccc34)cc2)[C@@H](C)CN1.Cl. The van der Waals surface area contributed by atoms with Crippen LogP contribution in [0.3, 0.4) is 0 Å². The number of ether oxygens (including phenoxy) is 3. The van der Waals surface area contributed by atoms with E-state index in [9.17, 15) is 8.42 Å². The average Bonchev–Trinajstić information content (AvgIpc) is 3.06. The van der Waals surface area contributed by atoms with Gasteiger partial charge in [-0.1, -0.05) is 48.5 Å². The fraction of sp³-hybridized carbons (Fsp3) is 0.263. The molecule has 0 aliphatic carbocycles. The predicted octanol–water partition coefficient (Wildman–Crippen LogP) is 7.76. The van der Waals surface area contributed by atoms with Gasteiger partial charge in [0.2, 0.25) is 0 Å². The zero-order valence-electron chi connectivity index (χ0n) is 26.9. The number of hydrogen-bond donors (Lipinski definition) is 1. The maximum Gasteiger partial charge on any atom is 0.175 e. The molecule has 2 atom stereocenters. The Morgan fingerprint density at radius 3 is 2.23 bits per heavy atom. The van der Waals surface area contributed by atoms with E-state index in [1.165, 1.54) is 6.26 Å². The van der Waals surface area contributed by atoms with Crippen LogP contribution in [0, 0.1) is 0 Å². The van der Waals surface area contributed by atoms with Gasteiger partial charge in [0.1, 0.15) is 36.2 Å². The van der Waals surface area contributed by atoms with Crippen molar-refractivity contribution in [3.8, 4) is 34.1 Å². The first kappa shape index (κ1) is 34.3. The summed E-state index contributed by atoms with van der Waals surface area (Å²) in [6.07, 6.45) is 1.21. The fourth-order valence-electron chi connectivity index (χ4n) is 5.74. The van der Waals surface area contributed by atoms with Crippen LogP contribution in [0.15, 0.2) is 114 Å². The Morgan fingerprint density at radius 1 is 0.809 bits per heavy atom. The molecule has 5 aromatic rings. The highest BCUT2D eigenvalue weighted by Crippen LogP contribution is 2.41. The smallest absolute Gasteiger partial charge is 0.175 e. The highest BCUT2D eigenvalue weighted by atomic mass is 35.5. The largest absolute Gasteiger partial charge is 0.492 e. The van der Waals surface area contributed by atoms with Crippen molar-refractivity contribution in [2.24, 2.45) is 0 Å². The third kappa shape index (κ3) is 8.64. The molecule has 0 unspecified atom stereocenters. The van der Waals surface area contributed by atoms with Crippen molar-refractivity contribution in [2.75, 3.05) is 32.5 Å². The van der Waals surface area contributed by atoms with Gasteiger partial charge in [-0.2, -0.15) is 0 Å². The van der Waals surface area contributed by atoms with E-state index in [1.807, 2.05) is 97.1 Å². The molecule has 1 saturated heterocycles. The van der Waals surface area contributed by atoms with E-state index in [2.05, 4.69) is 24.1 Å². The number of rotatable bonds is 11. The molecule has 1 aliphatic heterocycles. The van der Waals surface area contributed by atoms with Crippen molar-refractivity contribution >= 4 is 33.0 Å².